The summed E-state index contributed by atoms with van der Waals surface area (Å²) in [5, 5.41) is 16.5. The number of nitrogens with two attached hydrogens (primary N) is 1. The maximum Gasteiger partial charge on any atom is 0.416 e. The summed E-state index contributed by atoms with van der Waals surface area (Å²) in [6, 6.07) is 4.68. The molecular formula is C20H31F3IN5O3. The van der Waals surface area contributed by atoms with Gasteiger partial charge < -0.3 is 26.2 Å². The predicted molar refractivity (Wildman–Crippen MR) is 126 cm³/mol. The van der Waals surface area contributed by atoms with Gasteiger partial charge in [-0.15, -0.1) is 24.0 Å². The summed E-state index contributed by atoms with van der Waals surface area (Å²) >= 11 is 0. The maximum absolute atomic E-state index is 12.8. The highest BCUT2D eigenvalue weighted by atomic mass is 127. The molecule has 182 valence electrons. The van der Waals surface area contributed by atoms with Gasteiger partial charge in [-0.25, -0.2) is 0 Å². The number of amides is 1. The van der Waals surface area contributed by atoms with E-state index in [2.05, 4.69) is 15.6 Å². The van der Waals surface area contributed by atoms with Crippen molar-refractivity contribution in [2.45, 2.75) is 38.1 Å². The van der Waals surface area contributed by atoms with E-state index in [0.717, 1.165) is 38.1 Å². The average molecular weight is 573 g/mol. The molecule has 0 radical (unpaired) electrons. The summed E-state index contributed by atoms with van der Waals surface area (Å²) in [5.74, 6) is 0.224. The first-order valence-electron chi connectivity index (χ1n) is 10.2. The van der Waals surface area contributed by atoms with Crippen LogP contribution in [0.3, 0.4) is 0 Å². The molecule has 1 fully saturated rings. The van der Waals surface area contributed by atoms with Crippen LogP contribution in [0.5, 0.6) is 5.75 Å². The number of carbonyl (C=O) groups is 1. The lowest BCUT2D eigenvalue weighted by Crippen LogP contribution is -2.50. The molecule has 0 bridgehead atoms. The Morgan fingerprint density at radius 3 is 2.66 bits per heavy atom. The van der Waals surface area contributed by atoms with Crippen molar-refractivity contribution in [1.82, 2.24) is 15.5 Å². The Morgan fingerprint density at radius 1 is 1.38 bits per heavy atom. The quantitative estimate of drug-likeness (QED) is 0.203. The molecule has 1 aromatic carbocycles. The first kappa shape index (κ1) is 28.2. The van der Waals surface area contributed by atoms with E-state index in [9.17, 15) is 23.1 Å². The fourth-order valence-corrected chi connectivity index (χ4v) is 3.17. The van der Waals surface area contributed by atoms with E-state index in [1.807, 2.05) is 11.8 Å². The largest absolute Gasteiger partial charge is 0.491 e. The number of piperidine rings is 1. The number of hydrogen-bond donors (Lipinski definition) is 4. The minimum atomic E-state index is -4.45. The van der Waals surface area contributed by atoms with Gasteiger partial charge in [-0.3, -0.25) is 14.7 Å². The number of nitrogens with one attached hydrogen (secondary N) is 2. The van der Waals surface area contributed by atoms with Gasteiger partial charge >= 0.3 is 6.18 Å². The van der Waals surface area contributed by atoms with Crippen LogP contribution in [-0.2, 0) is 11.0 Å². The number of primary amides is 1. The number of aliphatic hydroxyl groups is 1. The molecule has 1 heterocycles. The molecule has 12 heteroatoms. The minimum Gasteiger partial charge on any atom is -0.491 e. The molecule has 5 N–H and O–H groups in total. The molecule has 1 saturated heterocycles. The van der Waals surface area contributed by atoms with Gasteiger partial charge in [0.05, 0.1) is 18.7 Å². The highest BCUT2D eigenvalue weighted by molar-refractivity contribution is 14.0. The van der Waals surface area contributed by atoms with Crippen molar-refractivity contribution in [3.8, 4) is 5.75 Å². The lowest BCUT2D eigenvalue weighted by atomic mass is 10.1. The maximum atomic E-state index is 12.8. The molecule has 2 rings (SSSR count). The highest BCUT2D eigenvalue weighted by Gasteiger charge is 2.30. The monoisotopic (exact) mass is 573 g/mol. The van der Waals surface area contributed by atoms with Gasteiger partial charge in [0.1, 0.15) is 18.5 Å². The Morgan fingerprint density at radius 2 is 2.06 bits per heavy atom. The van der Waals surface area contributed by atoms with E-state index in [1.54, 1.807) is 0 Å². The van der Waals surface area contributed by atoms with Crippen LogP contribution < -0.4 is 21.1 Å². The molecule has 0 spiro atoms. The fraction of sp³-hybridized carbons (Fsp3) is 0.600. The molecule has 32 heavy (non-hydrogen) atoms. The number of carbonyl (C=O) groups excluding carboxylic acids is 1. The van der Waals surface area contributed by atoms with E-state index in [0.29, 0.717) is 12.5 Å². The van der Waals surface area contributed by atoms with E-state index in [1.165, 1.54) is 12.1 Å². The van der Waals surface area contributed by atoms with Gasteiger partial charge in [0.15, 0.2) is 5.96 Å². The lowest BCUT2D eigenvalue weighted by Gasteiger charge is -2.32. The van der Waals surface area contributed by atoms with Crippen LogP contribution in [0.25, 0.3) is 0 Å². The van der Waals surface area contributed by atoms with Crippen molar-refractivity contribution < 1.29 is 27.8 Å². The van der Waals surface area contributed by atoms with Gasteiger partial charge in [-0.1, -0.05) is 6.07 Å². The van der Waals surface area contributed by atoms with Crippen molar-refractivity contribution in [3.05, 3.63) is 29.8 Å². The third-order valence-corrected chi connectivity index (χ3v) is 4.72. The Labute approximate surface area is 202 Å². The van der Waals surface area contributed by atoms with Crippen molar-refractivity contribution in [3.63, 3.8) is 0 Å². The standard InChI is InChI=1S/C20H30F3N5O3.HI/c1-2-25-19(27-15-6-8-28(9-7-15)12-18(24)30)26-11-16(29)13-31-17-5-3-4-14(10-17)20(21,22)23;/h3-5,10,15-16,29H,2,6-9,11-13H2,1H3,(H2,24,30)(H2,25,26,27);1H. The first-order valence-corrected chi connectivity index (χ1v) is 10.2. The zero-order chi connectivity index (χ0) is 22.9. The summed E-state index contributed by atoms with van der Waals surface area (Å²) in [5.41, 5.74) is 4.42. The van der Waals surface area contributed by atoms with Gasteiger partial charge in [0.25, 0.3) is 0 Å². The van der Waals surface area contributed by atoms with Gasteiger partial charge in [0, 0.05) is 25.7 Å². The third-order valence-electron chi connectivity index (χ3n) is 4.72. The van der Waals surface area contributed by atoms with Crippen LogP contribution in [0, 0.1) is 0 Å². The molecule has 1 aromatic rings. The van der Waals surface area contributed by atoms with Crippen molar-refractivity contribution in [2.24, 2.45) is 10.7 Å². The van der Waals surface area contributed by atoms with Crippen molar-refractivity contribution in [1.29, 1.82) is 0 Å². The molecule has 0 aromatic heterocycles. The normalized spacial score (nSPS) is 16.7. The molecule has 8 nitrogen and oxygen atoms in total. The summed E-state index contributed by atoms with van der Waals surface area (Å²) in [7, 11) is 0. The number of nitrogens with zero attached hydrogens (tertiary/aromatic N) is 2. The van der Waals surface area contributed by atoms with Gasteiger partial charge in [0.2, 0.25) is 5.91 Å². The second kappa shape index (κ2) is 13.7. The van der Waals surface area contributed by atoms with Gasteiger partial charge in [-0.2, -0.15) is 13.2 Å². The Hall–Kier alpha value is -1.80. The van der Waals surface area contributed by atoms with E-state index < -0.39 is 17.8 Å². The van der Waals surface area contributed by atoms with Crippen LogP contribution in [0.15, 0.2) is 29.3 Å². The number of hydrogen-bond acceptors (Lipinski definition) is 5. The summed E-state index contributed by atoms with van der Waals surface area (Å²) in [6.45, 7) is 4.12. The second-order valence-electron chi connectivity index (χ2n) is 7.37. The number of likely N-dealkylation sites (tertiary alicyclic amines) is 1. The van der Waals surface area contributed by atoms with Crippen molar-refractivity contribution in [2.75, 3.05) is 39.3 Å². The average Bonchev–Trinajstić information content (AvgIpc) is 2.71. The number of rotatable bonds is 9. The SMILES string of the molecule is CCNC(=NCC(O)COc1cccc(C(F)(F)F)c1)NC1CCN(CC(N)=O)CC1.I. The summed E-state index contributed by atoms with van der Waals surface area (Å²) in [6.07, 6.45) is -3.80. The molecular weight excluding hydrogens is 542 g/mol. The number of aliphatic hydroxyl groups excluding tert-OH is 1. The molecule has 1 aliphatic rings. The Kier molecular flexibility index (Phi) is 12.1. The minimum absolute atomic E-state index is 0. The van der Waals surface area contributed by atoms with Crippen LogP contribution in [0.1, 0.15) is 25.3 Å². The van der Waals surface area contributed by atoms with Gasteiger partial charge in [-0.05, 0) is 38.0 Å². The molecule has 1 unspecified atom stereocenters. The topological polar surface area (TPSA) is 112 Å². The van der Waals surface area contributed by atoms with Crippen molar-refractivity contribution >= 4 is 35.8 Å². The first-order chi connectivity index (χ1) is 14.7. The van der Waals surface area contributed by atoms with Crippen LogP contribution >= 0.6 is 24.0 Å². The number of alkyl halides is 3. The molecule has 1 atom stereocenters. The highest BCUT2D eigenvalue weighted by Crippen LogP contribution is 2.31. The zero-order valence-corrected chi connectivity index (χ0v) is 20.2. The van der Waals surface area contributed by atoms with E-state index >= 15 is 0 Å². The summed E-state index contributed by atoms with van der Waals surface area (Å²) in [4.78, 5) is 17.4. The van der Waals surface area contributed by atoms with Crippen LogP contribution in [0.2, 0.25) is 0 Å². The Bertz CT molecular complexity index is 743. The number of halogens is 4. The molecule has 1 amide bonds. The fourth-order valence-electron chi connectivity index (χ4n) is 3.17. The summed E-state index contributed by atoms with van der Waals surface area (Å²) < 4.78 is 43.6. The number of benzene rings is 1. The number of ether oxygens (including phenoxy) is 1. The number of guanidine groups is 1. The van der Waals surface area contributed by atoms with E-state index in [-0.39, 0.29) is 61.4 Å². The second-order valence-corrected chi connectivity index (χ2v) is 7.37. The third kappa shape index (κ3) is 10.2. The zero-order valence-electron chi connectivity index (χ0n) is 17.9. The smallest absolute Gasteiger partial charge is 0.416 e. The molecule has 0 aliphatic carbocycles. The number of aliphatic imine (C=N–C) groups is 1. The lowest BCUT2D eigenvalue weighted by molar-refractivity contribution is -0.137. The van der Waals surface area contributed by atoms with Crippen LogP contribution in [-0.4, -0.2) is 73.3 Å². The van der Waals surface area contributed by atoms with Crippen LogP contribution in [0.4, 0.5) is 13.2 Å². The molecule has 0 saturated carbocycles. The Balaban J connectivity index is 0.00000512. The molecule has 1 aliphatic heterocycles. The van der Waals surface area contributed by atoms with E-state index in [4.69, 9.17) is 10.5 Å². The predicted octanol–water partition coefficient (Wildman–Crippen LogP) is 1.57.